The van der Waals surface area contributed by atoms with Crippen LogP contribution < -0.4 is 5.73 Å². The molecule has 0 fully saturated rings. The predicted molar refractivity (Wildman–Crippen MR) is 64.2 cm³/mol. The fourth-order valence-electron chi connectivity index (χ4n) is 1.46. The number of hydrogen-bond acceptors (Lipinski definition) is 7. The van der Waals surface area contributed by atoms with Gasteiger partial charge in [0.15, 0.2) is 0 Å². The number of rotatable bonds is 5. The Labute approximate surface area is 107 Å². The van der Waals surface area contributed by atoms with Crippen LogP contribution in [0.15, 0.2) is 10.7 Å². The number of thiazole rings is 1. The van der Waals surface area contributed by atoms with Crippen molar-refractivity contribution in [3.8, 4) is 10.7 Å². The van der Waals surface area contributed by atoms with Crippen LogP contribution in [0.3, 0.4) is 0 Å². The minimum Gasteiger partial charge on any atom is -0.481 e. The number of carbonyl (C=O) groups is 1. The third-order valence-corrected chi connectivity index (χ3v) is 3.24. The van der Waals surface area contributed by atoms with Crippen LogP contribution in [0.25, 0.3) is 10.7 Å². The molecule has 2 rings (SSSR count). The van der Waals surface area contributed by atoms with Crippen LogP contribution in [-0.4, -0.2) is 32.7 Å². The number of hydrogen-bond donors (Lipinski definition) is 2. The number of aromatic nitrogens is 3. The third-order valence-electron chi connectivity index (χ3n) is 2.33. The van der Waals surface area contributed by atoms with Gasteiger partial charge in [-0.25, -0.2) is 4.98 Å². The molecular formula is C10H12N4O3S. The Hall–Kier alpha value is -1.80. The highest BCUT2D eigenvalue weighted by atomic mass is 32.1. The molecule has 1 unspecified atom stereocenters. The highest BCUT2D eigenvalue weighted by Crippen LogP contribution is 2.25. The molecule has 96 valence electrons. The van der Waals surface area contributed by atoms with Crippen molar-refractivity contribution >= 4 is 17.3 Å². The second-order valence-corrected chi connectivity index (χ2v) is 4.90. The summed E-state index contributed by atoms with van der Waals surface area (Å²) in [5.41, 5.74) is 5.36. The summed E-state index contributed by atoms with van der Waals surface area (Å²) in [4.78, 5) is 20.0. The van der Waals surface area contributed by atoms with Gasteiger partial charge in [0.05, 0.1) is 9.88 Å². The van der Waals surface area contributed by atoms with Crippen molar-refractivity contribution in [1.29, 1.82) is 0 Å². The van der Waals surface area contributed by atoms with Crippen molar-refractivity contribution in [2.75, 3.05) is 6.54 Å². The van der Waals surface area contributed by atoms with E-state index in [1.165, 1.54) is 11.3 Å². The van der Waals surface area contributed by atoms with Crippen LogP contribution >= 0.6 is 11.3 Å². The molecule has 0 saturated carbocycles. The van der Waals surface area contributed by atoms with Crippen LogP contribution in [0.5, 0.6) is 0 Å². The zero-order valence-electron chi connectivity index (χ0n) is 9.66. The number of carboxylic acids is 1. The molecule has 0 amide bonds. The lowest BCUT2D eigenvalue weighted by Crippen LogP contribution is -2.16. The minimum atomic E-state index is -1.02. The molecule has 1 atom stereocenters. The summed E-state index contributed by atoms with van der Waals surface area (Å²) < 4.78 is 4.99. The topological polar surface area (TPSA) is 115 Å². The average Bonchev–Trinajstić information content (AvgIpc) is 2.93. The smallest absolute Gasteiger partial charge is 0.316 e. The summed E-state index contributed by atoms with van der Waals surface area (Å²) in [6.45, 7) is 2.11. The van der Waals surface area contributed by atoms with Crippen molar-refractivity contribution in [2.45, 2.75) is 19.3 Å². The van der Waals surface area contributed by atoms with E-state index in [2.05, 4.69) is 15.1 Å². The van der Waals surface area contributed by atoms with Gasteiger partial charge < -0.3 is 15.4 Å². The Morgan fingerprint density at radius 2 is 2.44 bits per heavy atom. The molecule has 8 heteroatoms. The van der Waals surface area contributed by atoms with Crippen molar-refractivity contribution in [2.24, 2.45) is 5.73 Å². The first-order valence-corrected chi connectivity index (χ1v) is 6.12. The molecule has 0 aliphatic carbocycles. The summed E-state index contributed by atoms with van der Waals surface area (Å²) in [6.07, 6.45) is 1.89. The number of carboxylic acid groups (broad SMARTS) is 1. The largest absolute Gasteiger partial charge is 0.481 e. The van der Waals surface area contributed by atoms with Crippen molar-refractivity contribution in [3.05, 3.63) is 17.1 Å². The van der Waals surface area contributed by atoms with Crippen LogP contribution in [0, 0.1) is 6.92 Å². The Bertz CT molecular complexity index is 551. The highest BCUT2D eigenvalue weighted by Gasteiger charge is 2.26. The quantitative estimate of drug-likeness (QED) is 0.831. The summed E-state index contributed by atoms with van der Waals surface area (Å²) in [7, 11) is 0. The molecule has 0 saturated heterocycles. The summed E-state index contributed by atoms with van der Waals surface area (Å²) in [5.74, 6) is -1.44. The fourth-order valence-corrected chi connectivity index (χ4v) is 2.16. The van der Waals surface area contributed by atoms with Gasteiger partial charge in [-0.15, -0.1) is 11.3 Å². The summed E-state index contributed by atoms with van der Waals surface area (Å²) in [5, 5.41) is 13.7. The minimum absolute atomic E-state index is 0.0778. The molecular weight excluding hydrogens is 256 g/mol. The number of aryl methyl sites for hydroxylation is 1. The zero-order chi connectivity index (χ0) is 13.1. The molecule has 2 aromatic heterocycles. The molecule has 7 nitrogen and oxygen atoms in total. The fraction of sp³-hybridized carbons (Fsp3) is 0.400. The van der Waals surface area contributed by atoms with Gasteiger partial charge in [0.25, 0.3) is 0 Å². The third kappa shape index (κ3) is 2.54. The van der Waals surface area contributed by atoms with Gasteiger partial charge in [-0.2, -0.15) is 4.98 Å². The van der Waals surface area contributed by atoms with Gasteiger partial charge in [0.1, 0.15) is 5.92 Å². The second kappa shape index (κ2) is 5.23. The lowest BCUT2D eigenvalue weighted by Gasteiger charge is -2.03. The Morgan fingerprint density at radius 1 is 1.67 bits per heavy atom. The molecule has 2 aromatic rings. The first-order valence-electron chi connectivity index (χ1n) is 5.31. The van der Waals surface area contributed by atoms with Crippen molar-refractivity contribution < 1.29 is 14.4 Å². The molecule has 0 spiro atoms. The molecule has 18 heavy (non-hydrogen) atoms. The van der Waals surface area contributed by atoms with E-state index in [1.807, 2.05) is 6.92 Å². The second-order valence-electron chi connectivity index (χ2n) is 3.67. The SMILES string of the molecule is Cc1ncc(-c2noc(C(CCN)C(=O)O)n2)s1. The van der Waals surface area contributed by atoms with Gasteiger partial charge in [0.2, 0.25) is 11.7 Å². The van der Waals surface area contributed by atoms with Crippen molar-refractivity contribution in [3.63, 3.8) is 0 Å². The van der Waals surface area contributed by atoms with E-state index < -0.39 is 11.9 Å². The first kappa shape index (κ1) is 12.7. The normalized spacial score (nSPS) is 12.6. The maximum atomic E-state index is 11.0. The zero-order valence-corrected chi connectivity index (χ0v) is 10.5. The van der Waals surface area contributed by atoms with Crippen LogP contribution in [0.2, 0.25) is 0 Å². The van der Waals surface area contributed by atoms with E-state index in [9.17, 15) is 4.79 Å². The first-order chi connectivity index (χ1) is 8.61. The van der Waals surface area contributed by atoms with Crippen LogP contribution in [-0.2, 0) is 4.79 Å². The van der Waals surface area contributed by atoms with E-state index >= 15 is 0 Å². The van der Waals surface area contributed by atoms with E-state index in [4.69, 9.17) is 15.4 Å². The molecule has 0 bridgehead atoms. The molecule has 0 aliphatic rings. The lowest BCUT2D eigenvalue weighted by atomic mass is 10.1. The number of aliphatic carboxylic acids is 1. The summed E-state index contributed by atoms with van der Waals surface area (Å²) >= 11 is 1.42. The van der Waals surface area contributed by atoms with E-state index in [-0.39, 0.29) is 18.9 Å². The molecule has 3 N–H and O–H groups in total. The Balaban J connectivity index is 2.26. The van der Waals surface area contributed by atoms with E-state index in [0.717, 1.165) is 9.88 Å². The van der Waals surface area contributed by atoms with Gasteiger partial charge in [-0.1, -0.05) is 5.16 Å². The molecule has 0 radical (unpaired) electrons. The van der Waals surface area contributed by atoms with Gasteiger partial charge in [-0.3, -0.25) is 4.79 Å². The molecule has 0 aromatic carbocycles. The van der Waals surface area contributed by atoms with Crippen LogP contribution in [0.1, 0.15) is 23.2 Å². The van der Waals surface area contributed by atoms with Gasteiger partial charge in [0, 0.05) is 6.20 Å². The Kier molecular flexibility index (Phi) is 3.68. The van der Waals surface area contributed by atoms with Gasteiger partial charge in [-0.05, 0) is 19.9 Å². The van der Waals surface area contributed by atoms with E-state index in [0.29, 0.717) is 5.82 Å². The molecule has 2 heterocycles. The predicted octanol–water partition coefficient (Wildman–Crippen LogP) is 1.02. The number of nitrogens with two attached hydrogens (primary N) is 1. The van der Waals surface area contributed by atoms with Crippen molar-refractivity contribution in [1.82, 2.24) is 15.1 Å². The molecule has 0 aliphatic heterocycles. The summed E-state index contributed by atoms with van der Waals surface area (Å²) in [6, 6.07) is 0. The maximum Gasteiger partial charge on any atom is 0.316 e. The maximum absolute atomic E-state index is 11.0. The average molecular weight is 268 g/mol. The van der Waals surface area contributed by atoms with Gasteiger partial charge >= 0.3 is 5.97 Å². The lowest BCUT2D eigenvalue weighted by molar-refractivity contribution is -0.139. The highest BCUT2D eigenvalue weighted by molar-refractivity contribution is 7.14. The monoisotopic (exact) mass is 268 g/mol. The number of nitrogens with zero attached hydrogens (tertiary/aromatic N) is 3. The van der Waals surface area contributed by atoms with E-state index in [1.54, 1.807) is 6.20 Å². The standard InChI is InChI=1S/C10H12N4O3S/c1-5-12-4-7(18-5)8-13-9(17-14-8)6(2-3-11)10(15)16/h4,6H,2-3,11H2,1H3,(H,15,16). The Morgan fingerprint density at radius 3 is 3.00 bits per heavy atom. The van der Waals surface area contributed by atoms with Crippen LogP contribution in [0.4, 0.5) is 0 Å².